The van der Waals surface area contributed by atoms with E-state index in [-0.39, 0.29) is 0 Å². The van der Waals surface area contributed by atoms with Crippen LogP contribution in [-0.4, -0.2) is 32.6 Å². The van der Waals surface area contributed by atoms with Crippen LogP contribution in [0.4, 0.5) is 0 Å². The van der Waals surface area contributed by atoms with Gasteiger partial charge < -0.3 is 9.64 Å². The Balaban J connectivity index is 3.02. The van der Waals surface area contributed by atoms with Crippen LogP contribution in [0.5, 0.6) is 5.75 Å². The third-order valence-electron chi connectivity index (χ3n) is 3.14. The summed E-state index contributed by atoms with van der Waals surface area (Å²) in [6.45, 7) is 7.67. The van der Waals surface area contributed by atoms with Crippen LogP contribution in [-0.2, 0) is 6.42 Å². The van der Waals surface area contributed by atoms with Gasteiger partial charge in [-0.3, -0.25) is 0 Å². The van der Waals surface area contributed by atoms with Crippen molar-refractivity contribution in [3.63, 3.8) is 0 Å². The zero-order valence-corrected chi connectivity index (χ0v) is 12.0. The molecule has 2 nitrogen and oxygen atoms in total. The monoisotopic (exact) mass is 235 g/mol. The highest BCUT2D eigenvalue weighted by Crippen LogP contribution is 2.29. The average molecular weight is 235 g/mol. The average Bonchev–Trinajstić information content (AvgIpc) is 2.26. The van der Waals surface area contributed by atoms with Gasteiger partial charge in [0.2, 0.25) is 0 Å². The van der Waals surface area contributed by atoms with Crippen LogP contribution in [0.15, 0.2) is 12.1 Å². The van der Waals surface area contributed by atoms with Gasteiger partial charge in [-0.25, -0.2) is 0 Å². The molecule has 0 saturated heterocycles. The molecule has 1 rings (SSSR count). The molecule has 0 radical (unpaired) electrons. The van der Waals surface area contributed by atoms with Crippen LogP contribution >= 0.6 is 0 Å². The standard InChI is InChI=1S/C15H25NO/c1-11(2)14-10-13(7-8-16(4)5)12(3)9-15(14)17-6/h9-11H,7-8H2,1-6H3. The Morgan fingerprint density at radius 1 is 1.24 bits per heavy atom. The summed E-state index contributed by atoms with van der Waals surface area (Å²) in [4.78, 5) is 2.22. The van der Waals surface area contributed by atoms with E-state index in [1.54, 1.807) is 7.11 Å². The van der Waals surface area contributed by atoms with Crippen LogP contribution in [0, 0.1) is 6.92 Å². The molecule has 0 aliphatic carbocycles. The predicted molar refractivity (Wildman–Crippen MR) is 74.1 cm³/mol. The molecule has 1 aromatic rings. The van der Waals surface area contributed by atoms with Crippen molar-refractivity contribution in [2.24, 2.45) is 0 Å². The van der Waals surface area contributed by atoms with Crippen molar-refractivity contribution in [2.75, 3.05) is 27.7 Å². The fraction of sp³-hybridized carbons (Fsp3) is 0.600. The van der Waals surface area contributed by atoms with Gasteiger partial charge in [0, 0.05) is 6.54 Å². The number of methoxy groups -OCH3 is 1. The highest BCUT2D eigenvalue weighted by atomic mass is 16.5. The number of benzene rings is 1. The second-order valence-corrected chi connectivity index (χ2v) is 5.23. The van der Waals surface area contributed by atoms with E-state index >= 15 is 0 Å². The fourth-order valence-corrected chi connectivity index (χ4v) is 1.99. The number of hydrogen-bond acceptors (Lipinski definition) is 2. The quantitative estimate of drug-likeness (QED) is 0.777. The lowest BCUT2D eigenvalue weighted by molar-refractivity contribution is 0.404. The lowest BCUT2D eigenvalue weighted by atomic mass is 9.95. The molecule has 0 atom stereocenters. The Morgan fingerprint density at radius 3 is 2.35 bits per heavy atom. The molecule has 96 valence electrons. The highest BCUT2D eigenvalue weighted by Gasteiger charge is 2.11. The van der Waals surface area contributed by atoms with Gasteiger partial charge in [0.15, 0.2) is 0 Å². The Morgan fingerprint density at radius 2 is 1.88 bits per heavy atom. The predicted octanol–water partition coefficient (Wildman–Crippen LogP) is 3.23. The van der Waals surface area contributed by atoms with Gasteiger partial charge in [0.25, 0.3) is 0 Å². The third-order valence-corrected chi connectivity index (χ3v) is 3.14. The molecule has 0 unspecified atom stereocenters. The van der Waals surface area contributed by atoms with E-state index in [2.05, 4.69) is 51.9 Å². The molecule has 0 bridgehead atoms. The molecule has 1 aromatic carbocycles. The first kappa shape index (κ1) is 14.0. The second kappa shape index (κ2) is 6.06. The lowest BCUT2D eigenvalue weighted by Crippen LogP contribution is -2.15. The van der Waals surface area contributed by atoms with E-state index in [9.17, 15) is 0 Å². The second-order valence-electron chi connectivity index (χ2n) is 5.23. The minimum atomic E-state index is 0.503. The summed E-state index contributed by atoms with van der Waals surface area (Å²) >= 11 is 0. The highest BCUT2D eigenvalue weighted by molar-refractivity contribution is 5.44. The largest absolute Gasteiger partial charge is 0.496 e. The summed E-state index contributed by atoms with van der Waals surface area (Å²) in [7, 11) is 5.98. The van der Waals surface area contributed by atoms with Crippen molar-refractivity contribution in [3.05, 3.63) is 28.8 Å². The summed E-state index contributed by atoms with van der Waals surface area (Å²) in [6.07, 6.45) is 1.10. The van der Waals surface area contributed by atoms with Gasteiger partial charge in [-0.1, -0.05) is 19.9 Å². The zero-order chi connectivity index (χ0) is 13.0. The van der Waals surface area contributed by atoms with Crippen LogP contribution in [0.2, 0.25) is 0 Å². The molecular formula is C15H25NO. The molecule has 0 aromatic heterocycles. The minimum absolute atomic E-state index is 0.503. The molecule has 0 N–H and O–H groups in total. The van der Waals surface area contributed by atoms with E-state index in [1.165, 1.54) is 16.7 Å². The molecule has 2 heteroatoms. The van der Waals surface area contributed by atoms with Gasteiger partial charge in [0.05, 0.1) is 7.11 Å². The Kier molecular flexibility index (Phi) is 5.01. The van der Waals surface area contributed by atoms with Gasteiger partial charge in [-0.2, -0.15) is 0 Å². The zero-order valence-electron chi connectivity index (χ0n) is 12.0. The molecule has 0 aliphatic heterocycles. The summed E-state index contributed by atoms with van der Waals surface area (Å²) in [6, 6.07) is 4.47. The van der Waals surface area contributed by atoms with Crippen molar-refractivity contribution in [1.82, 2.24) is 4.90 Å². The summed E-state index contributed by atoms with van der Waals surface area (Å²) in [5.41, 5.74) is 4.07. The number of hydrogen-bond donors (Lipinski definition) is 0. The van der Waals surface area contributed by atoms with Gasteiger partial charge >= 0.3 is 0 Å². The van der Waals surface area contributed by atoms with E-state index in [0.717, 1.165) is 18.7 Å². The number of nitrogens with zero attached hydrogens (tertiary/aromatic N) is 1. The van der Waals surface area contributed by atoms with Crippen molar-refractivity contribution >= 4 is 0 Å². The van der Waals surface area contributed by atoms with Crippen molar-refractivity contribution in [2.45, 2.75) is 33.1 Å². The summed E-state index contributed by atoms with van der Waals surface area (Å²) < 4.78 is 5.46. The fourth-order valence-electron chi connectivity index (χ4n) is 1.99. The van der Waals surface area contributed by atoms with E-state index < -0.39 is 0 Å². The minimum Gasteiger partial charge on any atom is -0.496 e. The maximum Gasteiger partial charge on any atom is 0.122 e. The first-order valence-electron chi connectivity index (χ1n) is 6.27. The number of likely N-dealkylation sites (N-methyl/N-ethyl adjacent to an activating group) is 1. The van der Waals surface area contributed by atoms with Crippen LogP contribution in [0.1, 0.15) is 36.5 Å². The normalized spacial score (nSPS) is 11.3. The summed E-state index contributed by atoms with van der Waals surface area (Å²) in [5, 5.41) is 0. The van der Waals surface area contributed by atoms with E-state index in [0.29, 0.717) is 5.92 Å². The molecule has 0 spiro atoms. The molecular weight excluding hydrogens is 210 g/mol. The van der Waals surface area contributed by atoms with Crippen molar-refractivity contribution < 1.29 is 4.74 Å². The molecule has 0 fully saturated rings. The van der Waals surface area contributed by atoms with Crippen LogP contribution in [0.3, 0.4) is 0 Å². The summed E-state index contributed by atoms with van der Waals surface area (Å²) in [5.74, 6) is 1.52. The maximum atomic E-state index is 5.46. The Labute approximate surface area is 106 Å². The first-order valence-corrected chi connectivity index (χ1v) is 6.27. The molecule has 0 amide bonds. The molecule has 17 heavy (non-hydrogen) atoms. The third kappa shape index (κ3) is 3.74. The van der Waals surface area contributed by atoms with Crippen molar-refractivity contribution in [3.8, 4) is 5.75 Å². The number of ether oxygens (including phenoxy) is 1. The smallest absolute Gasteiger partial charge is 0.122 e. The maximum absolute atomic E-state index is 5.46. The van der Waals surface area contributed by atoms with Crippen LogP contribution in [0.25, 0.3) is 0 Å². The lowest BCUT2D eigenvalue weighted by Gasteiger charge is -2.17. The van der Waals surface area contributed by atoms with Gasteiger partial charge in [-0.05, 0) is 56.1 Å². The topological polar surface area (TPSA) is 12.5 Å². The Hall–Kier alpha value is -1.02. The molecule has 0 aliphatic rings. The van der Waals surface area contributed by atoms with Crippen LogP contribution < -0.4 is 4.74 Å². The van der Waals surface area contributed by atoms with Crippen molar-refractivity contribution in [1.29, 1.82) is 0 Å². The van der Waals surface area contributed by atoms with E-state index in [4.69, 9.17) is 4.74 Å². The molecule has 0 saturated carbocycles. The Bertz CT molecular complexity index is 369. The van der Waals surface area contributed by atoms with Gasteiger partial charge in [0.1, 0.15) is 5.75 Å². The molecule has 0 heterocycles. The van der Waals surface area contributed by atoms with E-state index in [1.807, 2.05) is 0 Å². The SMILES string of the molecule is COc1cc(C)c(CCN(C)C)cc1C(C)C. The van der Waals surface area contributed by atoms with Gasteiger partial charge in [-0.15, -0.1) is 0 Å². The number of aryl methyl sites for hydroxylation is 1. The first-order chi connectivity index (χ1) is 7.95. The number of rotatable bonds is 5.